The smallest absolute Gasteiger partial charge is 0.0596 e. The summed E-state index contributed by atoms with van der Waals surface area (Å²) >= 11 is 0. The molecular formula is C14H30N2O. The average molecular weight is 242 g/mol. The number of nitrogens with one attached hydrogen (secondary N) is 1. The highest BCUT2D eigenvalue weighted by molar-refractivity contribution is 4.77. The Labute approximate surface area is 107 Å². The molecule has 1 heterocycles. The van der Waals surface area contributed by atoms with Crippen LogP contribution in [0.3, 0.4) is 0 Å². The van der Waals surface area contributed by atoms with E-state index in [4.69, 9.17) is 4.74 Å². The summed E-state index contributed by atoms with van der Waals surface area (Å²) in [6.45, 7) is 15.5. The standard InChI is InChI=1S/C14H30N2O/c1-12(2)9-15-10-14-5-6-16(11-14)7-8-17-13(3)4/h12-15H,5-11H2,1-4H3. The van der Waals surface area contributed by atoms with Gasteiger partial charge in [-0.05, 0) is 51.7 Å². The summed E-state index contributed by atoms with van der Waals surface area (Å²) in [4.78, 5) is 2.53. The highest BCUT2D eigenvalue weighted by atomic mass is 16.5. The predicted octanol–water partition coefficient (Wildman–Crippen LogP) is 1.98. The van der Waals surface area contributed by atoms with Gasteiger partial charge in [0, 0.05) is 13.1 Å². The monoisotopic (exact) mass is 242 g/mol. The Bertz CT molecular complexity index is 175. The molecular weight excluding hydrogens is 212 g/mol. The maximum absolute atomic E-state index is 5.59. The minimum atomic E-state index is 0.362. The minimum absolute atomic E-state index is 0.362. The first-order chi connectivity index (χ1) is 8.08. The van der Waals surface area contributed by atoms with Gasteiger partial charge in [0.1, 0.15) is 0 Å². The molecule has 0 radical (unpaired) electrons. The Hall–Kier alpha value is -0.120. The Morgan fingerprint density at radius 3 is 2.71 bits per heavy atom. The second kappa shape index (κ2) is 8.06. The molecule has 1 aliphatic heterocycles. The van der Waals surface area contributed by atoms with E-state index in [0.29, 0.717) is 6.10 Å². The number of nitrogens with zero attached hydrogens (tertiary/aromatic N) is 1. The first-order valence-electron chi connectivity index (χ1n) is 7.12. The SMILES string of the molecule is CC(C)CNCC1CCN(CCOC(C)C)C1. The van der Waals surface area contributed by atoms with Crippen molar-refractivity contribution in [2.45, 2.75) is 40.2 Å². The van der Waals surface area contributed by atoms with E-state index in [9.17, 15) is 0 Å². The van der Waals surface area contributed by atoms with Gasteiger partial charge in [0.15, 0.2) is 0 Å². The number of ether oxygens (including phenoxy) is 1. The second-order valence-electron chi connectivity index (χ2n) is 5.93. The van der Waals surface area contributed by atoms with Gasteiger partial charge >= 0.3 is 0 Å². The van der Waals surface area contributed by atoms with Crippen LogP contribution < -0.4 is 5.32 Å². The summed E-state index contributed by atoms with van der Waals surface area (Å²) in [5.74, 6) is 1.60. The molecule has 1 rings (SSSR count). The summed E-state index contributed by atoms with van der Waals surface area (Å²) < 4.78 is 5.59. The Balaban J connectivity index is 2.02. The van der Waals surface area contributed by atoms with Crippen LogP contribution >= 0.6 is 0 Å². The van der Waals surface area contributed by atoms with Crippen molar-refractivity contribution in [2.75, 3.05) is 39.3 Å². The van der Waals surface area contributed by atoms with E-state index < -0.39 is 0 Å². The fourth-order valence-electron chi connectivity index (χ4n) is 2.28. The first kappa shape index (κ1) is 14.9. The summed E-state index contributed by atoms with van der Waals surface area (Å²) in [5.41, 5.74) is 0. The lowest BCUT2D eigenvalue weighted by atomic mass is 10.1. The van der Waals surface area contributed by atoms with E-state index in [0.717, 1.165) is 31.5 Å². The normalized spacial score (nSPS) is 21.9. The van der Waals surface area contributed by atoms with Crippen LogP contribution in [0.2, 0.25) is 0 Å². The highest BCUT2D eigenvalue weighted by Gasteiger charge is 2.21. The second-order valence-corrected chi connectivity index (χ2v) is 5.93. The van der Waals surface area contributed by atoms with Crippen LogP contribution in [-0.2, 0) is 4.74 Å². The molecule has 0 amide bonds. The molecule has 0 bridgehead atoms. The molecule has 0 aromatic rings. The molecule has 1 saturated heterocycles. The van der Waals surface area contributed by atoms with Crippen LogP contribution in [0.15, 0.2) is 0 Å². The van der Waals surface area contributed by atoms with Gasteiger partial charge in [-0.15, -0.1) is 0 Å². The van der Waals surface area contributed by atoms with Crippen molar-refractivity contribution < 1.29 is 4.74 Å². The summed E-state index contributed by atoms with van der Waals surface area (Å²) in [5, 5.41) is 3.56. The lowest BCUT2D eigenvalue weighted by molar-refractivity contribution is 0.0629. The third kappa shape index (κ3) is 7.02. The van der Waals surface area contributed by atoms with Gasteiger partial charge in [0.05, 0.1) is 12.7 Å². The maximum Gasteiger partial charge on any atom is 0.0596 e. The molecule has 102 valence electrons. The fourth-order valence-corrected chi connectivity index (χ4v) is 2.28. The number of likely N-dealkylation sites (tertiary alicyclic amines) is 1. The Morgan fingerprint density at radius 1 is 1.29 bits per heavy atom. The van der Waals surface area contributed by atoms with Crippen molar-refractivity contribution in [3.05, 3.63) is 0 Å². The quantitative estimate of drug-likeness (QED) is 0.704. The van der Waals surface area contributed by atoms with Crippen LogP contribution in [0.4, 0.5) is 0 Å². The lowest BCUT2D eigenvalue weighted by Crippen LogP contribution is -2.30. The molecule has 1 unspecified atom stereocenters. The van der Waals surface area contributed by atoms with Crippen LogP contribution in [0.1, 0.15) is 34.1 Å². The zero-order valence-electron chi connectivity index (χ0n) is 12.0. The molecule has 17 heavy (non-hydrogen) atoms. The average Bonchev–Trinajstić information content (AvgIpc) is 2.65. The van der Waals surface area contributed by atoms with Crippen LogP contribution in [0, 0.1) is 11.8 Å². The largest absolute Gasteiger partial charge is 0.377 e. The van der Waals surface area contributed by atoms with Crippen molar-refractivity contribution in [2.24, 2.45) is 11.8 Å². The topological polar surface area (TPSA) is 24.5 Å². The zero-order valence-corrected chi connectivity index (χ0v) is 12.0. The molecule has 1 fully saturated rings. The third-order valence-electron chi connectivity index (χ3n) is 3.21. The number of hydrogen-bond donors (Lipinski definition) is 1. The minimum Gasteiger partial charge on any atom is -0.377 e. The molecule has 3 heteroatoms. The van der Waals surface area contributed by atoms with Gasteiger partial charge in [-0.25, -0.2) is 0 Å². The molecule has 0 aliphatic carbocycles. The maximum atomic E-state index is 5.59. The highest BCUT2D eigenvalue weighted by Crippen LogP contribution is 2.14. The van der Waals surface area contributed by atoms with E-state index >= 15 is 0 Å². The van der Waals surface area contributed by atoms with Crippen molar-refractivity contribution in [1.29, 1.82) is 0 Å². The van der Waals surface area contributed by atoms with Crippen LogP contribution in [0.5, 0.6) is 0 Å². The first-order valence-corrected chi connectivity index (χ1v) is 7.12. The Kier molecular flexibility index (Phi) is 7.09. The van der Waals surface area contributed by atoms with E-state index in [2.05, 4.69) is 37.9 Å². The van der Waals surface area contributed by atoms with E-state index in [-0.39, 0.29) is 0 Å². The predicted molar refractivity (Wildman–Crippen MR) is 73.3 cm³/mol. The summed E-state index contributed by atoms with van der Waals surface area (Å²) in [7, 11) is 0. The molecule has 3 nitrogen and oxygen atoms in total. The van der Waals surface area contributed by atoms with Crippen molar-refractivity contribution in [1.82, 2.24) is 10.2 Å². The lowest BCUT2D eigenvalue weighted by Gasteiger charge is -2.17. The number of hydrogen-bond acceptors (Lipinski definition) is 3. The van der Waals surface area contributed by atoms with E-state index in [1.165, 1.54) is 26.1 Å². The molecule has 0 spiro atoms. The van der Waals surface area contributed by atoms with Gasteiger partial charge < -0.3 is 15.0 Å². The Morgan fingerprint density at radius 2 is 2.06 bits per heavy atom. The third-order valence-corrected chi connectivity index (χ3v) is 3.21. The number of rotatable bonds is 8. The van der Waals surface area contributed by atoms with Gasteiger partial charge in [0.25, 0.3) is 0 Å². The van der Waals surface area contributed by atoms with Gasteiger partial charge in [-0.3, -0.25) is 0 Å². The van der Waals surface area contributed by atoms with E-state index in [1.54, 1.807) is 0 Å². The summed E-state index contributed by atoms with van der Waals surface area (Å²) in [6, 6.07) is 0. The van der Waals surface area contributed by atoms with Crippen LogP contribution in [0.25, 0.3) is 0 Å². The summed E-state index contributed by atoms with van der Waals surface area (Å²) in [6.07, 6.45) is 1.70. The van der Waals surface area contributed by atoms with Gasteiger partial charge in [-0.1, -0.05) is 13.8 Å². The van der Waals surface area contributed by atoms with Crippen molar-refractivity contribution in [3.8, 4) is 0 Å². The zero-order chi connectivity index (χ0) is 12.7. The molecule has 1 aliphatic rings. The molecule has 0 aromatic carbocycles. The van der Waals surface area contributed by atoms with Crippen molar-refractivity contribution in [3.63, 3.8) is 0 Å². The van der Waals surface area contributed by atoms with Gasteiger partial charge in [0.2, 0.25) is 0 Å². The molecule has 0 aromatic heterocycles. The molecule has 0 saturated carbocycles. The molecule has 1 N–H and O–H groups in total. The van der Waals surface area contributed by atoms with Crippen LogP contribution in [-0.4, -0.2) is 50.3 Å². The van der Waals surface area contributed by atoms with Crippen molar-refractivity contribution >= 4 is 0 Å². The molecule has 1 atom stereocenters. The fraction of sp³-hybridized carbons (Fsp3) is 1.00. The van der Waals surface area contributed by atoms with E-state index in [1.807, 2.05) is 0 Å². The van der Waals surface area contributed by atoms with Gasteiger partial charge in [-0.2, -0.15) is 0 Å².